The molecule has 0 spiro atoms. The molecule has 2 aromatic heterocycles. The molecule has 2 amide bonds. The van der Waals surface area contributed by atoms with Crippen molar-refractivity contribution in [3.63, 3.8) is 0 Å². The van der Waals surface area contributed by atoms with Crippen LogP contribution >= 0.6 is 11.3 Å². The lowest BCUT2D eigenvalue weighted by atomic mass is 10.2. The Kier molecular flexibility index (Phi) is 5.68. The first-order valence-corrected chi connectivity index (χ1v) is 9.30. The van der Waals surface area contributed by atoms with Gasteiger partial charge in [-0.05, 0) is 44.2 Å². The molecule has 10 heteroatoms. The van der Waals surface area contributed by atoms with E-state index in [0.29, 0.717) is 13.0 Å². The number of anilines is 1. The minimum absolute atomic E-state index is 0.283. The Balaban J connectivity index is 1.49. The quantitative estimate of drug-likeness (QED) is 0.659. The number of urea groups is 1. The summed E-state index contributed by atoms with van der Waals surface area (Å²) in [5.74, 6) is 0. The van der Waals surface area contributed by atoms with Crippen molar-refractivity contribution in [3.8, 4) is 5.13 Å². The average Bonchev–Trinajstić information content (AvgIpc) is 3.20. The second-order valence-electron chi connectivity index (χ2n) is 6.17. The highest BCUT2D eigenvalue weighted by Crippen LogP contribution is 2.29. The lowest BCUT2D eigenvalue weighted by Crippen LogP contribution is -2.30. The van der Waals surface area contributed by atoms with Crippen molar-refractivity contribution >= 4 is 23.1 Å². The maximum atomic E-state index is 12.5. The summed E-state index contributed by atoms with van der Waals surface area (Å²) in [4.78, 5) is 16.4. The molecule has 0 fully saturated rings. The van der Waals surface area contributed by atoms with Crippen molar-refractivity contribution in [2.24, 2.45) is 0 Å². The Morgan fingerprint density at radius 2 is 1.93 bits per heavy atom. The predicted molar refractivity (Wildman–Crippen MR) is 101 cm³/mol. The number of nitrogens with one attached hydrogen (secondary N) is 2. The molecule has 0 radical (unpaired) electrons. The average molecular weight is 409 g/mol. The molecule has 28 heavy (non-hydrogen) atoms. The minimum atomic E-state index is -4.40. The number of aromatic nitrogens is 3. The summed E-state index contributed by atoms with van der Waals surface area (Å²) in [6.45, 7) is 4.21. The summed E-state index contributed by atoms with van der Waals surface area (Å²) in [6.07, 6.45) is -3.88. The van der Waals surface area contributed by atoms with E-state index in [1.54, 1.807) is 4.68 Å². The van der Waals surface area contributed by atoms with Gasteiger partial charge in [-0.25, -0.2) is 14.5 Å². The van der Waals surface area contributed by atoms with Crippen molar-refractivity contribution < 1.29 is 18.0 Å². The van der Waals surface area contributed by atoms with Crippen LogP contribution in [0.4, 0.5) is 23.7 Å². The highest BCUT2D eigenvalue weighted by atomic mass is 32.1. The van der Waals surface area contributed by atoms with E-state index in [-0.39, 0.29) is 5.69 Å². The monoisotopic (exact) mass is 409 g/mol. The summed E-state index contributed by atoms with van der Waals surface area (Å²) in [5.41, 5.74) is 2.25. The van der Waals surface area contributed by atoms with Crippen LogP contribution in [-0.4, -0.2) is 27.3 Å². The SMILES string of the molecule is Cc1cc(C)n(-c2nc(CCNC(=O)Nc3ccc(C(F)(F)F)cc3)cs2)n1. The molecule has 0 aliphatic heterocycles. The van der Waals surface area contributed by atoms with Crippen LogP contribution in [0.3, 0.4) is 0 Å². The third kappa shape index (κ3) is 4.89. The number of amides is 2. The van der Waals surface area contributed by atoms with Gasteiger partial charge in [-0.3, -0.25) is 0 Å². The summed E-state index contributed by atoms with van der Waals surface area (Å²) >= 11 is 1.46. The van der Waals surface area contributed by atoms with Gasteiger partial charge in [0, 0.05) is 29.7 Å². The number of aryl methyl sites for hydroxylation is 2. The number of hydrogen-bond donors (Lipinski definition) is 2. The maximum absolute atomic E-state index is 12.5. The molecule has 0 saturated carbocycles. The van der Waals surface area contributed by atoms with Crippen molar-refractivity contribution in [1.82, 2.24) is 20.1 Å². The third-order valence-electron chi connectivity index (χ3n) is 3.87. The fraction of sp³-hybridized carbons (Fsp3) is 0.278. The first-order chi connectivity index (χ1) is 13.2. The highest BCUT2D eigenvalue weighted by Gasteiger charge is 2.29. The van der Waals surface area contributed by atoms with Crippen molar-refractivity contribution in [1.29, 1.82) is 0 Å². The zero-order valence-electron chi connectivity index (χ0n) is 15.2. The lowest BCUT2D eigenvalue weighted by Gasteiger charge is -2.09. The minimum Gasteiger partial charge on any atom is -0.337 e. The molecular formula is C18H18F3N5OS. The largest absolute Gasteiger partial charge is 0.416 e. The smallest absolute Gasteiger partial charge is 0.337 e. The zero-order chi connectivity index (χ0) is 20.3. The molecule has 3 aromatic rings. The molecular weight excluding hydrogens is 391 g/mol. The number of rotatable bonds is 5. The fourth-order valence-electron chi connectivity index (χ4n) is 2.55. The number of alkyl halides is 3. The molecule has 0 bridgehead atoms. The van der Waals surface area contributed by atoms with Crippen LogP contribution in [0.2, 0.25) is 0 Å². The third-order valence-corrected chi connectivity index (χ3v) is 4.73. The van der Waals surface area contributed by atoms with E-state index in [1.165, 1.54) is 23.5 Å². The van der Waals surface area contributed by atoms with Crippen LogP contribution < -0.4 is 10.6 Å². The molecule has 0 saturated heterocycles. The predicted octanol–water partition coefficient (Wildman–Crippen LogP) is 4.33. The van der Waals surface area contributed by atoms with Gasteiger partial charge in [-0.15, -0.1) is 11.3 Å². The summed E-state index contributed by atoms with van der Waals surface area (Å²) in [6, 6.07) is 5.74. The Labute approximate surface area is 163 Å². The first-order valence-electron chi connectivity index (χ1n) is 8.42. The van der Waals surface area contributed by atoms with Gasteiger partial charge in [0.25, 0.3) is 0 Å². The van der Waals surface area contributed by atoms with Crippen molar-refractivity contribution in [2.45, 2.75) is 26.4 Å². The number of nitrogens with zero attached hydrogens (tertiary/aromatic N) is 3. The van der Waals surface area contributed by atoms with Crippen molar-refractivity contribution in [3.05, 3.63) is 58.4 Å². The van der Waals surface area contributed by atoms with Crippen LogP contribution in [0.15, 0.2) is 35.7 Å². The van der Waals surface area contributed by atoms with E-state index in [9.17, 15) is 18.0 Å². The van der Waals surface area contributed by atoms with E-state index in [0.717, 1.165) is 34.3 Å². The van der Waals surface area contributed by atoms with Crippen molar-refractivity contribution in [2.75, 3.05) is 11.9 Å². The van der Waals surface area contributed by atoms with E-state index >= 15 is 0 Å². The second-order valence-corrected chi connectivity index (χ2v) is 7.00. The lowest BCUT2D eigenvalue weighted by molar-refractivity contribution is -0.137. The Hall–Kier alpha value is -2.88. The molecule has 2 heterocycles. The van der Waals surface area contributed by atoms with Crippen LogP contribution in [-0.2, 0) is 12.6 Å². The highest BCUT2D eigenvalue weighted by molar-refractivity contribution is 7.12. The maximum Gasteiger partial charge on any atom is 0.416 e. The van der Waals surface area contributed by atoms with Crippen LogP contribution in [0.25, 0.3) is 5.13 Å². The zero-order valence-corrected chi connectivity index (χ0v) is 16.0. The van der Waals surface area contributed by atoms with E-state index in [4.69, 9.17) is 0 Å². The number of halogens is 3. The number of thiazole rings is 1. The van der Waals surface area contributed by atoms with E-state index in [1.807, 2.05) is 25.3 Å². The molecule has 0 unspecified atom stereocenters. The number of benzene rings is 1. The fourth-order valence-corrected chi connectivity index (χ4v) is 3.42. The van der Waals surface area contributed by atoms with E-state index in [2.05, 4.69) is 20.7 Å². The Morgan fingerprint density at radius 1 is 1.21 bits per heavy atom. The summed E-state index contributed by atoms with van der Waals surface area (Å²) < 4.78 is 39.4. The summed E-state index contributed by atoms with van der Waals surface area (Å²) in [7, 11) is 0. The van der Waals surface area contributed by atoms with Gasteiger partial charge < -0.3 is 10.6 Å². The standard InChI is InChI=1S/C18H18F3N5OS/c1-11-9-12(2)26(25-11)17-24-15(10-28-17)7-8-22-16(27)23-14-5-3-13(4-6-14)18(19,20)21/h3-6,9-10H,7-8H2,1-2H3,(H2,22,23,27). The normalized spacial score (nSPS) is 11.5. The summed E-state index contributed by atoms with van der Waals surface area (Å²) in [5, 5.41) is 12.2. The van der Waals surface area contributed by atoms with Gasteiger partial charge >= 0.3 is 12.2 Å². The van der Waals surface area contributed by atoms with Gasteiger partial charge in [0.05, 0.1) is 17.0 Å². The molecule has 148 valence electrons. The van der Waals surface area contributed by atoms with Gasteiger partial charge in [0.2, 0.25) is 5.13 Å². The van der Waals surface area contributed by atoms with Gasteiger partial charge in [0.15, 0.2) is 0 Å². The molecule has 1 aromatic carbocycles. The Bertz CT molecular complexity index is 963. The Morgan fingerprint density at radius 3 is 2.54 bits per heavy atom. The van der Waals surface area contributed by atoms with Crippen LogP contribution in [0.5, 0.6) is 0 Å². The molecule has 2 N–H and O–H groups in total. The number of hydrogen-bond acceptors (Lipinski definition) is 4. The van der Waals surface area contributed by atoms with Gasteiger partial charge in [-0.2, -0.15) is 18.3 Å². The van der Waals surface area contributed by atoms with Crippen LogP contribution in [0, 0.1) is 13.8 Å². The van der Waals surface area contributed by atoms with E-state index < -0.39 is 17.8 Å². The molecule has 0 aliphatic rings. The van der Waals surface area contributed by atoms with Gasteiger partial charge in [-0.1, -0.05) is 0 Å². The topological polar surface area (TPSA) is 71.8 Å². The van der Waals surface area contributed by atoms with Crippen LogP contribution in [0.1, 0.15) is 22.6 Å². The molecule has 0 atom stereocenters. The second kappa shape index (κ2) is 8.01. The van der Waals surface area contributed by atoms with Gasteiger partial charge in [0.1, 0.15) is 0 Å². The first kappa shape index (κ1) is 19.9. The molecule has 3 rings (SSSR count). The molecule has 6 nitrogen and oxygen atoms in total. The molecule has 0 aliphatic carbocycles. The number of carbonyl (C=O) groups is 1. The number of carbonyl (C=O) groups excluding carboxylic acids is 1.